The summed E-state index contributed by atoms with van der Waals surface area (Å²) in [5.41, 5.74) is 30.8. The van der Waals surface area contributed by atoms with Gasteiger partial charge < -0.3 is 0 Å². The lowest BCUT2D eigenvalue weighted by Crippen LogP contribution is -2.17. The van der Waals surface area contributed by atoms with E-state index in [0.717, 1.165) is 0 Å². The molecule has 0 atom stereocenters. The predicted octanol–water partition coefficient (Wildman–Crippen LogP) is 31.7. The van der Waals surface area contributed by atoms with Crippen molar-refractivity contribution in [2.45, 2.75) is 38.5 Å². The van der Waals surface area contributed by atoms with E-state index in [2.05, 4.69) is 428 Å². The van der Waals surface area contributed by atoms with Crippen molar-refractivity contribution >= 4 is 97.0 Å². The van der Waals surface area contributed by atoms with E-state index in [1.165, 1.54) is 230 Å². The smallest absolute Gasteiger partial charge is 0.0171 e. The molecule has 0 unspecified atom stereocenters. The van der Waals surface area contributed by atoms with Crippen LogP contribution in [0.5, 0.6) is 0 Å². The van der Waals surface area contributed by atoms with E-state index in [0.29, 0.717) is 0 Å². The summed E-state index contributed by atoms with van der Waals surface area (Å²) in [6.07, 6.45) is 0. The largest absolute Gasteiger partial charge is 0.0622 e. The molecule has 0 radical (unpaired) electrons. The Labute approximate surface area is 664 Å². The maximum Gasteiger partial charge on any atom is 0.0171 e. The van der Waals surface area contributed by atoms with Gasteiger partial charge in [-0.3, -0.25) is 0 Å². The van der Waals surface area contributed by atoms with E-state index >= 15 is 0 Å². The third-order valence-corrected chi connectivity index (χ3v) is 25.4. The lowest BCUT2D eigenvalue weighted by molar-refractivity contribution is 0.668. The van der Waals surface area contributed by atoms with Crippen LogP contribution in [0, 0.1) is 0 Å². The highest BCUT2D eigenvalue weighted by atomic mass is 14.4. The highest BCUT2D eigenvalue weighted by molar-refractivity contribution is 6.25. The van der Waals surface area contributed by atoms with Gasteiger partial charge in [0.05, 0.1) is 0 Å². The monoisotopic (exact) mass is 1450 g/mol. The van der Waals surface area contributed by atoms with Gasteiger partial charge in [0.15, 0.2) is 0 Å². The second-order valence-corrected chi connectivity index (χ2v) is 32.3. The Balaban J connectivity index is 0.000000139. The molecule has 2 aliphatic rings. The third-order valence-electron chi connectivity index (χ3n) is 25.4. The minimum atomic E-state index is -0.206. The van der Waals surface area contributed by atoms with Crippen molar-refractivity contribution in [2.75, 3.05) is 0 Å². The Kier molecular flexibility index (Phi) is 15.4. The molecule has 0 N–H and O–H groups in total. The number of hydrogen-bond donors (Lipinski definition) is 0. The molecule has 0 nitrogen and oxygen atoms in total. The first-order valence-electron chi connectivity index (χ1n) is 40.1. The van der Waals surface area contributed by atoms with Crippen LogP contribution in [0.3, 0.4) is 0 Å². The van der Waals surface area contributed by atoms with Crippen LogP contribution in [0.2, 0.25) is 0 Å². The molecule has 2 aliphatic carbocycles. The van der Waals surface area contributed by atoms with Gasteiger partial charge >= 0.3 is 0 Å². The molecular formula is C114H78. The van der Waals surface area contributed by atoms with E-state index in [9.17, 15) is 0 Å². The molecule has 0 amide bonds. The third kappa shape index (κ3) is 10.3. The zero-order valence-electron chi connectivity index (χ0n) is 64.1. The molecule has 0 spiro atoms. The second kappa shape index (κ2) is 26.3. The van der Waals surface area contributed by atoms with Crippen LogP contribution >= 0.6 is 0 Å². The summed E-state index contributed by atoms with van der Waals surface area (Å²) in [5.74, 6) is 0. The molecule has 0 aliphatic heterocycles. The molecule has 534 valence electrons. The molecule has 21 aromatic carbocycles. The van der Waals surface area contributed by atoms with E-state index in [-0.39, 0.29) is 10.8 Å². The first-order chi connectivity index (χ1) is 56.1. The van der Waals surface area contributed by atoms with Crippen molar-refractivity contribution < 1.29 is 0 Å². The summed E-state index contributed by atoms with van der Waals surface area (Å²) in [6, 6.07) is 149. The van der Waals surface area contributed by atoms with Gasteiger partial charge in [-0.1, -0.05) is 410 Å². The SMILES string of the molecule is CC1(C)c2c(-c3cccc(-c4c5ccccc5c(-c5ccc(-c6ccccc6)cc5)c5ccccc45)c3)cccc2-c2c1c1ccccc1c1ccccc21.CC1(C)c2c(-c3cccc(-c4c5ccccc5c(-c5cccc(-c6cccc7ccccc67)c5)c5ccccc45)c3)cccc2-c2c1c1ccccc1c1ccccc21. The van der Waals surface area contributed by atoms with Crippen molar-refractivity contribution in [3.63, 3.8) is 0 Å². The quantitative estimate of drug-likeness (QED) is 0.105. The number of benzene rings is 21. The normalized spacial score (nSPS) is 13.1. The second-order valence-electron chi connectivity index (χ2n) is 32.3. The summed E-state index contributed by atoms with van der Waals surface area (Å²) >= 11 is 0. The highest BCUT2D eigenvalue weighted by Gasteiger charge is 2.42. The highest BCUT2D eigenvalue weighted by Crippen LogP contribution is 2.60. The molecule has 21 aromatic rings. The average molecular weight is 1450 g/mol. The van der Waals surface area contributed by atoms with Crippen LogP contribution in [0.1, 0.15) is 49.9 Å². The molecule has 0 saturated heterocycles. The fraction of sp³-hybridized carbons (Fsp3) is 0.0526. The molecule has 0 saturated carbocycles. The van der Waals surface area contributed by atoms with Crippen molar-refractivity contribution in [3.8, 4) is 111 Å². The van der Waals surface area contributed by atoms with Crippen LogP contribution in [-0.4, -0.2) is 0 Å². The molecule has 0 heterocycles. The van der Waals surface area contributed by atoms with Crippen LogP contribution in [0.25, 0.3) is 208 Å². The lowest BCUT2D eigenvalue weighted by Gasteiger charge is -2.26. The summed E-state index contributed by atoms with van der Waals surface area (Å²) in [7, 11) is 0. The molecule has 114 heavy (non-hydrogen) atoms. The standard InChI is InChI=1S/C59H40.C55H38/c1-59(2)57-44(33-16-34-53(57)56-47-26-7-5-24-45(47)46-25-6-12-31-52(46)58(56)59)39-20-14-22-41(36-39)55-50-29-10-8-27-48(50)54(49-28-9-11-30-51(49)55)40-21-13-19-38(35-40)43-32-15-18-37-17-3-4-23-42(37)43;1-55(2)53-40(28-15-29-49(53)52-43-22-8-6-20-41(43)42-21-7-13-27-48(42)54(52)55)38-18-14-19-39(34-38)51-46-25-11-9-23-44(46)50(45-24-10-12-26-47(45)51)37-32-30-36(31-33-37)35-16-4-3-5-17-35/h3-36H,1-2H3;3-34H,1-2H3. The minimum absolute atomic E-state index is 0.196. The fourth-order valence-corrected chi connectivity index (χ4v) is 20.7. The first kappa shape index (κ1) is 66.9. The van der Waals surface area contributed by atoms with E-state index in [1.54, 1.807) is 0 Å². The Morgan fingerprint density at radius 1 is 0.132 bits per heavy atom. The van der Waals surface area contributed by atoms with Crippen molar-refractivity contribution in [1.82, 2.24) is 0 Å². The van der Waals surface area contributed by atoms with Crippen LogP contribution in [-0.2, 0) is 10.8 Å². The summed E-state index contributed by atoms with van der Waals surface area (Å²) < 4.78 is 0. The molecule has 0 heteroatoms. The van der Waals surface area contributed by atoms with Gasteiger partial charge in [-0.05, 0) is 249 Å². The Morgan fingerprint density at radius 3 is 0.746 bits per heavy atom. The molecule has 0 aromatic heterocycles. The van der Waals surface area contributed by atoms with Crippen LogP contribution < -0.4 is 0 Å². The van der Waals surface area contributed by atoms with Crippen LogP contribution in [0.15, 0.2) is 400 Å². The van der Waals surface area contributed by atoms with E-state index < -0.39 is 0 Å². The van der Waals surface area contributed by atoms with Crippen LogP contribution in [0.4, 0.5) is 0 Å². The number of hydrogen-bond acceptors (Lipinski definition) is 0. The van der Waals surface area contributed by atoms with Gasteiger partial charge in [0, 0.05) is 10.8 Å². The number of fused-ring (bicyclic) bond motifs is 21. The maximum atomic E-state index is 2.44. The zero-order chi connectivity index (χ0) is 75.9. The Bertz CT molecular complexity index is 7450. The summed E-state index contributed by atoms with van der Waals surface area (Å²) in [5, 5.41) is 23.3. The Hall–Kier alpha value is -14.0. The minimum Gasteiger partial charge on any atom is -0.0622 e. The molecular weight excluding hydrogens is 1370 g/mol. The van der Waals surface area contributed by atoms with Gasteiger partial charge in [0.25, 0.3) is 0 Å². The van der Waals surface area contributed by atoms with Gasteiger partial charge in [0.2, 0.25) is 0 Å². The fourth-order valence-electron chi connectivity index (χ4n) is 20.7. The number of rotatable bonds is 8. The van der Waals surface area contributed by atoms with Gasteiger partial charge in [0.1, 0.15) is 0 Å². The van der Waals surface area contributed by atoms with Crippen molar-refractivity contribution in [2.24, 2.45) is 0 Å². The summed E-state index contributed by atoms with van der Waals surface area (Å²) in [6.45, 7) is 9.72. The summed E-state index contributed by atoms with van der Waals surface area (Å²) in [4.78, 5) is 0. The lowest BCUT2D eigenvalue weighted by atomic mass is 9.76. The molecule has 23 rings (SSSR count). The first-order valence-corrected chi connectivity index (χ1v) is 40.1. The van der Waals surface area contributed by atoms with Gasteiger partial charge in [-0.25, -0.2) is 0 Å². The molecule has 0 fully saturated rings. The van der Waals surface area contributed by atoms with Gasteiger partial charge in [-0.15, -0.1) is 0 Å². The van der Waals surface area contributed by atoms with Gasteiger partial charge in [-0.2, -0.15) is 0 Å². The molecule has 0 bridgehead atoms. The van der Waals surface area contributed by atoms with Crippen molar-refractivity contribution in [1.29, 1.82) is 0 Å². The average Bonchev–Trinajstić information content (AvgIpc) is 1.56. The predicted molar refractivity (Wildman–Crippen MR) is 489 cm³/mol. The Morgan fingerprint density at radius 2 is 0.360 bits per heavy atom. The maximum absolute atomic E-state index is 2.44. The van der Waals surface area contributed by atoms with E-state index in [1.807, 2.05) is 0 Å². The zero-order valence-corrected chi connectivity index (χ0v) is 64.1. The van der Waals surface area contributed by atoms with Crippen molar-refractivity contribution in [3.05, 3.63) is 423 Å². The van der Waals surface area contributed by atoms with E-state index in [4.69, 9.17) is 0 Å². The topological polar surface area (TPSA) is 0 Å².